The lowest BCUT2D eigenvalue weighted by molar-refractivity contribution is 0.0992. The van der Waals surface area contributed by atoms with Crippen LogP contribution in [0.4, 0.5) is 5.69 Å². The van der Waals surface area contributed by atoms with Gasteiger partial charge in [0.15, 0.2) is 5.76 Å². The van der Waals surface area contributed by atoms with Gasteiger partial charge in [-0.25, -0.2) is 0 Å². The van der Waals surface area contributed by atoms with E-state index in [9.17, 15) is 4.79 Å². The molecule has 0 aliphatic heterocycles. The summed E-state index contributed by atoms with van der Waals surface area (Å²) in [5.41, 5.74) is 1.55. The summed E-state index contributed by atoms with van der Waals surface area (Å²) in [7, 11) is 0. The van der Waals surface area contributed by atoms with Crippen molar-refractivity contribution in [2.75, 3.05) is 5.32 Å². The van der Waals surface area contributed by atoms with Crippen molar-refractivity contribution in [3.8, 4) is 5.75 Å². The third-order valence-corrected chi connectivity index (χ3v) is 4.59. The Morgan fingerprint density at radius 2 is 2.19 bits per heavy atom. The van der Waals surface area contributed by atoms with Gasteiger partial charge in [-0.15, -0.1) is 0 Å². The highest BCUT2D eigenvalue weighted by Crippen LogP contribution is 2.28. The number of aromatic nitrogens is 2. The highest BCUT2D eigenvalue weighted by molar-refractivity contribution is 9.10. The summed E-state index contributed by atoms with van der Waals surface area (Å²) in [6.07, 6.45) is 1.62. The molecule has 0 fully saturated rings. The lowest BCUT2D eigenvalue weighted by atomic mass is 10.3. The van der Waals surface area contributed by atoms with E-state index in [0.29, 0.717) is 22.2 Å². The molecular formula is C18H17BrClN3O3. The van der Waals surface area contributed by atoms with E-state index in [1.807, 2.05) is 19.9 Å². The normalized spacial score (nSPS) is 10.8. The van der Waals surface area contributed by atoms with Crippen LogP contribution in [0.2, 0.25) is 5.02 Å². The Morgan fingerprint density at radius 1 is 1.38 bits per heavy atom. The fraction of sp³-hybridized carbons (Fsp3) is 0.222. The largest absolute Gasteiger partial charge is 0.484 e. The zero-order valence-electron chi connectivity index (χ0n) is 14.3. The molecule has 0 radical (unpaired) electrons. The van der Waals surface area contributed by atoms with Gasteiger partial charge in [-0.1, -0.05) is 27.5 Å². The topological polar surface area (TPSA) is 69.3 Å². The number of nitrogens with one attached hydrogen (secondary N) is 1. The molecule has 136 valence electrons. The van der Waals surface area contributed by atoms with Crippen LogP contribution in [0.3, 0.4) is 0 Å². The average molecular weight is 439 g/mol. The first kappa shape index (κ1) is 18.5. The van der Waals surface area contributed by atoms with E-state index in [1.165, 1.54) is 0 Å². The smallest absolute Gasteiger partial charge is 0.291 e. The zero-order valence-corrected chi connectivity index (χ0v) is 16.6. The van der Waals surface area contributed by atoms with E-state index in [0.717, 1.165) is 16.7 Å². The van der Waals surface area contributed by atoms with Gasteiger partial charge in [0.1, 0.15) is 18.1 Å². The van der Waals surface area contributed by atoms with E-state index >= 15 is 0 Å². The van der Waals surface area contributed by atoms with Gasteiger partial charge in [-0.3, -0.25) is 9.48 Å². The van der Waals surface area contributed by atoms with E-state index in [4.69, 9.17) is 20.8 Å². The number of furan rings is 1. The molecule has 0 saturated carbocycles. The van der Waals surface area contributed by atoms with E-state index in [1.54, 1.807) is 35.1 Å². The molecule has 0 bridgehead atoms. The van der Waals surface area contributed by atoms with Crippen molar-refractivity contribution in [3.05, 3.63) is 63.2 Å². The van der Waals surface area contributed by atoms with Crippen LogP contribution in [0.25, 0.3) is 0 Å². The Kier molecular flexibility index (Phi) is 5.68. The third kappa shape index (κ3) is 4.11. The van der Waals surface area contributed by atoms with Crippen molar-refractivity contribution in [1.29, 1.82) is 0 Å². The summed E-state index contributed by atoms with van der Waals surface area (Å²) in [5.74, 6) is 0.931. The number of carbonyl (C=O) groups is 1. The summed E-state index contributed by atoms with van der Waals surface area (Å²) in [6.45, 7) is 4.79. The Bertz CT molecular complexity index is 936. The van der Waals surface area contributed by atoms with Crippen molar-refractivity contribution < 1.29 is 13.9 Å². The van der Waals surface area contributed by atoms with Gasteiger partial charge in [0.2, 0.25) is 0 Å². The van der Waals surface area contributed by atoms with Gasteiger partial charge < -0.3 is 14.5 Å². The number of halogens is 2. The summed E-state index contributed by atoms with van der Waals surface area (Å²) in [5, 5.41) is 7.49. The maximum atomic E-state index is 12.3. The number of amides is 1. The Balaban J connectivity index is 1.63. The summed E-state index contributed by atoms with van der Waals surface area (Å²) in [6, 6.07) is 8.65. The number of aryl methyl sites for hydroxylation is 1. The fourth-order valence-electron chi connectivity index (χ4n) is 2.39. The number of carbonyl (C=O) groups excluding carboxylic acids is 1. The number of hydrogen-bond donors (Lipinski definition) is 1. The second kappa shape index (κ2) is 7.97. The van der Waals surface area contributed by atoms with Gasteiger partial charge in [-0.2, -0.15) is 5.10 Å². The van der Waals surface area contributed by atoms with Gasteiger partial charge in [0, 0.05) is 11.0 Å². The second-order valence-corrected chi connectivity index (χ2v) is 6.87. The first-order chi connectivity index (χ1) is 12.5. The zero-order chi connectivity index (χ0) is 18.7. The molecule has 26 heavy (non-hydrogen) atoms. The first-order valence-electron chi connectivity index (χ1n) is 7.98. The molecule has 1 amide bonds. The van der Waals surface area contributed by atoms with Gasteiger partial charge >= 0.3 is 0 Å². The molecule has 1 N–H and O–H groups in total. The first-order valence-corrected chi connectivity index (χ1v) is 9.15. The number of benzene rings is 1. The van der Waals surface area contributed by atoms with Crippen LogP contribution in [-0.2, 0) is 13.2 Å². The van der Waals surface area contributed by atoms with Gasteiger partial charge in [0.05, 0.1) is 22.6 Å². The Morgan fingerprint density at radius 3 is 2.88 bits per heavy atom. The molecule has 2 aromatic heterocycles. The second-order valence-electron chi connectivity index (χ2n) is 5.54. The predicted molar refractivity (Wildman–Crippen MR) is 103 cm³/mol. The van der Waals surface area contributed by atoms with Crippen molar-refractivity contribution in [1.82, 2.24) is 9.78 Å². The van der Waals surface area contributed by atoms with Crippen LogP contribution in [0.1, 0.15) is 28.9 Å². The summed E-state index contributed by atoms with van der Waals surface area (Å²) in [4.78, 5) is 12.3. The Labute approximate surface area is 164 Å². The molecular weight excluding hydrogens is 422 g/mol. The quantitative estimate of drug-likeness (QED) is 0.584. The Hall–Kier alpha value is -2.25. The van der Waals surface area contributed by atoms with Crippen molar-refractivity contribution in [2.24, 2.45) is 0 Å². The van der Waals surface area contributed by atoms with Crippen LogP contribution < -0.4 is 10.1 Å². The number of anilines is 1. The number of ether oxygens (including phenoxy) is 1. The molecule has 0 aliphatic rings. The minimum atomic E-state index is -0.336. The molecule has 0 spiro atoms. The summed E-state index contributed by atoms with van der Waals surface area (Å²) < 4.78 is 13.9. The van der Waals surface area contributed by atoms with Crippen LogP contribution in [0.15, 0.2) is 45.4 Å². The van der Waals surface area contributed by atoms with Crippen LogP contribution in [-0.4, -0.2) is 15.7 Å². The number of hydrogen-bond acceptors (Lipinski definition) is 4. The maximum absolute atomic E-state index is 12.3. The highest BCUT2D eigenvalue weighted by atomic mass is 79.9. The molecule has 0 aliphatic carbocycles. The lowest BCUT2D eigenvalue weighted by Crippen LogP contribution is -2.11. The minimum Gasteiger partial charge on any atom is -0.484 e. The van der Waals surface area contributed by atoms with E-state index in [-0.39, 0.29) is 18.3 Å². The van der Waals surface area contributed by atoms with Crippen LogP contribution in [0.5, 0.6) is 5.75 Å². The van der Waals surface area contributed by atoms with Crippen LogP contribution in [0, 0.1) is 6.92 Å². The molecule has 0 saturated heterocycles. The molecule has 1 aromatic carbocycles. The average Bonchev–Trinajstić information content (AvgIpc) is 3.22. The molecule has 0 unspecified atom stereocenters. The number of rotatable bonds is 6. The maximum Gasteiger partial charge on any atom is 0.291 e. The third-order valence-electron chi connectivity index (χ3n) is 3.80. The SMILES string of the molecule is CCn1ncc(NC(=O)c2ccc(COc3ccc(Br)cc3Cl)o2)c1C. The highest BCUT2D eigenvalue weighted by Gasteiger charge is 2.15. The molecule has 8 heteroatoms. The van der Waals surface area contributed by atoms with Crippen molar-refractivity contribution in [3.63, 3.8) is 0 Å². The van der Waals surface area contributed by atoms with E-state index in [2.05, 4.69) is 26.3 Å². The molecule has 3 aromatic rings. The monoisotopic (exact) mass is 437 g/mol. The van der Waals surface area contributed by atoms with Crippen LogP contribution >= 0.6 is 27.5 Å². The number of nitrogens with zero attached hydrogens (tertiary/aromatic N) is 2. The minimum absolute atomic E-state index is 0.168. The lowest BCUT2D eigenvalue weighted by Gasteiger charge is -2.06. The fourth-order valence-corrected chi connectivity index (χ4v) is 3.12. The van der Waals surface area contributed by atoms with Crippen molar-refractivity contribution in [2.45, 2.75) is 27.0 Å². The van der Waals surface area contributed by atoms with Crippen molar-refractivity contribution >= 4 is 39.1 Å². The van der Waals surface area contributed by atoms with Gasteiger partial charge in [0.25, 0.3) is 5.91 Å². The summed E-state index contributed by atoms with van der Waals surface area (Å²) >= 11 is 9.45. The van der Waals surface area contributed by atoms with Gasteiger partial charge in [-0.05, 0) is 44.2 Å². The van der Waals surface area contributed by atoms with E-state index < -0.39 is 0 Å². The molecule has 2 heterocycles. The molecule has 0 atom stereocenters. The molecule has 3 rings (SSSR count). The molecule has 6 nitrogen and oxygen atoms in total. The standard InChI is InChI=1S/C18H17BrClN3O3/c1-3-23-11(2)15(9-21-23)22-18(24)17-7-5-13(26-17)10-25-16-6-4-12(19)8-14(16)20/h4-9H,3,10H2,1-2H3,(H,22,24). The predicted octanol–water partition coefficient (Wildman–Crippen LogP) is 5.05.